The highest BCUT2D eigenvalue weighted by atomic mass is 35.5. The number of benzene rings is 1. The van der Waals surface area contributed by atoms with Crippen molar-refractivity contribution in [2.24, 2.45) is 11.8 Å². The first kappa shape index (κ1) is 15.9. The van der Waals surface area contributed by atoms with Gasteiger partial charge in [-0.25, -0.2) is 0 Å². The van der Waals surface area contributed by atoms with Gasteiger partial charge in [-0.05, 0) is 61.4 Å². The van der Waals surface area contributed by atoms with E-state index in [1.165, 1.54) is 43.2 Å². The maximum Gasteiger partial charge on any atom is 0.0409 e. The molecule has 1 aromatic carbocycles. The number of rotatable bonds is 5. The predicted molar refractivity (Wildman–Crippen MR) is 88.3 cm³/mol. The van der Waals surface area contributed by atoms with Gasteiger partial charge in [0, 0.05) is 11.1 Å². The molecule has 1 nitrogen and oxygen atoms in total. The van der Waals surface area contributed by atoms with Crippen LogP contribution < -0.4 is 5.32 Å². The Hall–Kier alpha value is -0.530. The summed E-state index contributed by atoms with van der Waals surface area (Å²) in [5.41, 5.74) is 2.76. The Morgan fingerprint density at radius 3 is 2.80 bits per heavy atom. The highest BCUT2D eigenvalue weighted by Crippen LogP contribution is 2.39. The molecule has 0 saturated heterocycles. The van der Waals surface area contributed by atoms with Gasteiger partial charge < -0.3 is 5.32 Å². The fourth-order valence-electron chi connectivity index (χ4n) is 3.70. The monoisotopic (exact) mass is 293 g/mol. The molecule has 0 radical (unpaired) electrons. The Balaban J connectivity index is 2.23. The van der Waals surface area contributed by atoms with Crippen molar-refractivity contribution in [1.29, 1.82) is 0 Å². The number of hydrogen-bond donors (Lipinski definition) is 1. The summed E-state index contributed by atoms with van der Waals surface area (Å²) in [4.78, 5) is 0. The molecule has 1 saturated carbocycles. The first-order chi connectivity index (χ1) is 9.65. The molecule has 1 fully saturated rings. The third-order valence-corrected chi connectivity index (χ3v) is 5.11. The molecule has 0 amide bonds. The maximum atomic E-state index is 6.23. The molecule has 0 heterocycles. The fourth-order valence-corrected chi connectivity index (χ4v) is 3.88. The minimum absolute atomic E-state index is 0.466. The SMILES string of the molecule is CCNC(c1cc(Cl)ccc1C)C1CCCC(CC)C1. The van der Waals surface area contributed by atoms with E-state index in [2.05, 4.69) is 38.2 Å². The summed E-state index contributed by atoms with van der Waals surface area (Å²) in [6.45, 7) is 7.76. The highest BCUT2D eigenvalue weighted by Gasteiger charge is 2.29. The van der Waals surface area contributed by atoms with Gasteiger partial charge in [-0.15, -0.1) is 0 Å². The predicted octanol–water partition coefficient (Wildman–Crippen LogP) is 5.52. The summed E-state index contributed by atoms with van der Waals surface area (Å²) in [6, 6.07) is 6.79. The van der Waals surface area contributed by atoms with Crippen molar-refractivity contribution >= 4 is 11.6 Å². The van der Waals surface area contributed by atoms with E-state index in [1.54, 1.807) is 0 Å². The lowest BCUT2D eigenvalue weighted by molar-refractivity contribution is 0.210. The molecular weight excluding hydrogens is 266 g/mol. The highest BCUT2D eigenvalue weighted by molar-refractivity contribution is 6.30. The minimum Gasteiger partial charge on any atom is -0.310 e. The van der Waals surface area contributed by atoms with Gasteiger partial charge in [0.2, 0.25) is 0 Å². The number of aryl methyl sites for hydroxylation is 1. The van der Waals surface area contributed by atoms with Crippen molar-refractivity contribution in [2.75, 3.05) is 6.54 Å². The van der Waals surface area contributed by atoms with Gasteiger partial charge >= 0.3 is 0 Å². The average molecular weight is 294 g/mol. The molecule has 1 N–H and O–H groups in total. The third kappa shape index (κ3) is 3.77. The number of halogens is 1. The summed E-state index contributed by atoms with van der Waals surface area (Å²) in [5, 5.41) is 4.58. The summed E-state index contributed by atoms with van der Waals surface area (Å²) < 4.78 is 0. The first-order valence-corrected chi connectivity index (χ1v) is 8.52. The van der Waals surface area contributed by atoms with Crippen LogP contribution >= 0.6 is 11.6 Å². The second kappa shape index (κ2) is 7.47. The second-order valence-corrected chi connectivity index (χ2v) is 6.67. The quantitative estimate of drug-likeness (QED) is 0.754. The molecule has 0 aromatic heterocycles. The van der Waals surface area contributed by atoms with Crippen LogP contribution in [0.5, 0.6) is 0 Å². The van der Waals surface area contributed by atoms with Gasteiger partial charge in [0.25, 0.3) is 0 Å². The summed E-state index contributed by atoms with van der Waals surface area (Å²) in [6.07, 6.45) is 6.83. The third-order valence-electron chi connectivity index (χ3n) is 4.87. The van der Waals surface area contributed by atoms with E-state index in [9.17, 15) is 0 Å². The van der Waals surface area contributed by atoms with Gasteiger partial charge in [-0.3, -0.25) is 0 Å². The van der Waals surface area contributed by atoms with Crippen molar-refractivity contribution in [3.63, 3.8) is 0 Å². The van der Waals surface area contributed by atoms with Gasteiger partial charge in [0.15, 0.2) is 0 Å². The van der Waals surface area contributed by atoms with Crippen molar-refractivity contribution in [3.05, 3.63) is 34.3 Å². The molecule has 20 heavy (non-hydrogen) atoms. The van der Waals surface area contributed by atoms with Gasteiger partial charge in [0.1, 0.15) is 0 Å². The summed E-state index contributed by atoms with van der Waals surface area (Å²) >= 11 is 6.23. The Kier molecular flexibility index (Phi) is 5.92. The Morgan fingerprint density at radius 2 is 2.10 bits per heavy atom. The van der Waals surface area contributed by atoms with Crippen LogP contribution in [0, 0.1) is 18.8 Å². The van der Waals surface area contributed by atoms with Crippen LogP contribution in [-0.4, -0.2) is 6.54 Å². The summed E-state index contributed by atoms with van der Waals surface area (Å²) in [7, 11) is 0. The molecule has 1 aliphatic rings. The standard InChI is InChI=1S/C18H28ClN/c1-4-14-7-6-8-15(11-14)18(20-5-2)17-12-16(19)10-9-13(17)3/h9-10,12,14-15,18,20H,4-8,11H2,1-3H3. The largest absolute Gasteiger partial charge is 0.310 e. The van der Waals surface area contributed by atoms with Crippen molar-refractivity contribution < 1.29 is 0 Å². The molecular formula is C18H28ClN. The zero-order valence-corrected chi connectivity index (χ0v) is 13.8. The Morgan fingerprint density at radius 1 is 1.30 bits per heavy atom. The smallest absolute Gasteiger partial charge is 0.0409 e. The molecule has 3 unspecified atom stereocenters. The molecule has 2 heteroatoms. The van der Waals surface area contributed by atoms with Crippen LogP contribution in [-0.2, 0) is 0 Å². The van der Waals surface area contributed by atoms with E-state index >= 15 is 0 Å². The lowest BCUT2D eigenvalue weighted by Crippen LogP contribution is -2.32. The minimum atomic E-state index is 0.466. The first-order valence-electron chi connectivity index (χ1n) is 8.15. The van der Waals surface area contributed by atoms with Crippen molar-refractivity contribution in [1.82, 2.24) is 5.32 Å². The zero-order chi connectivity index (χ0) is 14.5. The molecule has 0 bridgehead atoms. The molecule has 0 spiro atoms. The lowest BCUT2D eigenvalue weighted by atomic mass is 9.74. The molecule has 0 aliphatic heterocycles. The normalized spacial score (nSPS) is 24.6. The molecule has 2 rings (SSSR count). The molecule has 1 aromatic rings. The van der Waals surface area contributed by atoms with Gasteiger partial charge in [0.05, 0.1) is 0 Å². The van der Waals surface area contributed by atoms with E-state index in [0.29, 0.717) is 6.04 Å². The molecule has 112 valence electrons. The van der Waals surface area contributed by atoms with E-state index in [4.69, 9.17) is 11.6 Å². The van der Waals surface area contributed by atoms with Gasteiger partial charge in [-0.1, -0.05) is 50.8 Å². The summed E-state index contributed by atoms with van der Waals surface area (Å²) in [5.74, 6) is 1.67. The Labute approximate surface area is 129 Å². The van der Waals surface area contributed by atoms with Crippen LogP contribution in [0.25, 0.3) is 0 Å². The van der Waals surface area contributed by atoms with E-state index in [1.807, 2.05) is 6.07 Å². The van der Waals surface area contributed by atoms with Crippen molar-refractivity contribution in [2.45, 2.75) is 58.9 Å². The lowest BCUT2D eigenvalue weighted by Gasteiger charge is -2.35. The second-order valence-electron chi connectivity index (χ2n) is 6.24. The van der Waals surface area contributed by atoms with Crippen LogP contribution in [0.4, 0.5) is 0 Å². The van der Waals surface area contributed by atoms with Crippen LogP contribution in [0.15, 0.2) is 18.2 Å². The molecule has 3 atom stereocenters. The van der Waals surface area contributed by atoms with Crippen LogP contribution in [0.1, 0.15) is 63.1 Å². The van der Waals surface area contributed by atoms with E-state index in [0.717, 1.165) is 23.4 Å². The topological polar surface area (TPSA) is 12.0 Å². The van der Waals surface area contributed by atoms with Gasteiger partial charge in [-0.2, -0.15) is 0 Å². The maximum absolute atomic E-state index is 6.23. The number of hydrogen-bond acceptors (Lipinski definition) is 1. The zero-order valence-electron chi connectivity index (χ0n) is 13.1. The fraction of sp³-hybridized carbons (Fsp3) is 0.667. The van der Waals surface area contributed by atoms with E-state index < -0.39 is 0 Å². The Bertz CT molecular complexity index is 429. The van der Waals surface area contributed by atoms with Crippen LogP contribution in [0.2, 0.25) is 5.02 Å². The van der Waals surface area contributed by atoms with E-state index in [-0.39, 0.29) is 0 Å². The van der Waals surface area contributed by atoms with Crippen LogP contribution in [0.3, 0.4) is 0 Å². The number of nitrogens with one attached hydrogen (secondary N) is 1. The van der Waals surface area contributed by atoms with Crippen molar-refractivity contribution in [3.8, 4) is 0 Å². The average Bonchev–Trinajstić information content (AvgIpc) is 2.47. The molecule has 1 aliphatic carbocycles.